The number of ether oxygens (including phenoxy) is 5. The van der Waals surface area contributed by atoms with E-state index in [1.807, 2.05) is 12.2 Å². The highest BCUT2D eigenvalue weighted by molar-refractivity contribution is 5.74. The molecule has 0 saturated carbocycles. The maximum Gasteiger partial charge on any atom is 0.335 e. The number of allylic oxidation sites excluding steroid dienone is 18. The predicted molar refractivity (Wildman–Crippen MR) is 303 cm³/mol. The van der Waals surface area contributed by atoms with Gasteiger partial charge >= 0.3 is 23.9 Å². The van der Waals surface area contributed by atoms with E-state index in [9.17, 15) is 34.5 Å². The van der Waals surface area contributed by atoms with Gasteiger partial charge in [0.1, 0.15) is 18.8 Å². The molecule has 3 N–H and O–H groups in total. The number of carbonyl (C=O) groups excluding carboxylic acids is 3. The number of unbranched alkanes of at least 4 members (excludes halogenated alkanes) is 15. The van der Waals surface area contributed by atoms with Gasteiger partial charge in [-0.25, -0.2) is 4.79 Å². The quantitative estimate of drug-likeness (QED) is 0.0228. The van der Waals surface area contributed by atoms with E-state index in [4.69, 9.17) is 23.7 Å². The predicted octanol–water partition coefficient (Wildman–Crippen LogP) is 14.7. The van der Waals surface area contributed by atoms with Gasteiger partial charge in [-0.1, -0.05) is 194 Å². The standard InChI is InChI=1S/C63H100O12/c1-4-7-10-13-16-19-22-25-26-27-28-29-30-33-34-37-40-43-46-49-55(64)71-52-54(73-56(65)50-47-44-41-38-35-31-23-20-17-14-11-8-5-2)53-72-63-61(59(68)58(67)60(75-63)62(69)70)74-57(66)51-48-45-42-39-36-32-24-21-18-15-12-9-6-3/h7,10-11,14,16,19-21,23-26,28-29,33-34,40,43,54,58-61,63,67-68H,4-6,8-9,12-13,15,17-18,22,27,30-32,35-39,41-42,44-53H2,1-3H3,(H,69,70)/b10-7-,14-11-,19-16-,23-20-,24-21-,26-25-,29-28-,34-33-,43-40-. The number of hydrogen-bond acceptors (Lipinski definition) is 11. The molecule has 75 heavy (non-hydrogen) atoms. The Bertz CT molecular complexity index is 1720. The van der Waals surface area contributed by atoms with E-state index in [1.165, 1.54) is 25.7 Å². The average Bonchev–Trinajstić information content (AvgIpc) is 3.39. The molecule has 12 nitrogen and oxygen atoms in total. The molecule has 0 aromatic heterocycles. The maximum absolute atomic E-state index is 13.1. The van der Waals surface area contributed by atoms with E-state index >= 15 is 0 Å². The zero-order chi connectivity index (χ0) is 54.7. The average molecular weight is 1050 g/mol. The van der Waals surface area contributed by atoms with Gasteiger partial charge in [0, 0.05) is 19.3 Å². The Balaban J connectivity index is 2.76. The number of aliphatic carboxylic acids is 1. The van der Waals surface area contributed by atoms with Crippen molar-refractivity contribution in [1.82, 2.24) is 0 Å². The number of carbonyl (C=O) groups is 4. The molecule has 0 aliphatic carbocycles. The summed E-state index contributed by atoms with van der Waals surface area (Å²) in [5, 5.41) is 31.4. The van der Waals surface area contributed by atoms with Crippen molar-refractivity contribution in [2.24, 2.45) is 0 Å². The number of carboxylic acids is 1. The highest BCUT2D eigenvalue weighted by Gasteiger charge is 2.50. The van der Waals surface area contributed by atoms with Crippen LogP contribution in [-0.2, 0) is 42.9 Å². The van der Waals surface area contributed by atoms with E-state index in [-0.39, 0.29) is 25.9 Å². The van der Waals surface area contributed by atoms with E-state index in [1.54, 1.807) is 0 Å². The molecule has 424 valence electrons. The number of carboxylic acid groups (broad SMARTS) is 1. The van der Waals surface area contributed by atoms with E-state index in [2.05, 4.69) is 118 Å². The Morgan fingerprint density at radius 1 is 0.453 bits per heavy atom. The minimum atomic E-state index is -1.92. The third-order valence-corrected chi connectivity index (χ3v) is 12.3. The van der Waals surface area contributed by atoms with Crippen LogP contribution in [0.3, 0.4) is 0 Å². The van der Waals surface area contributed by atoms with Crippen LogP contribution in [0, 0.1) is 0 Å². The van der Waals surface area contributed by atoms with Crippen molar-refractivity contribution >= 4 is 23.9 Å². The second-order valence-electron chi connectivity index (χ2n) is 19.2. The molecule has 0 aromatic rings. The summed E-state index contributed by atoms with van der Waals surface area (Å²) in [5.41, 5.74) is 0. The Morgan fingerprint density at radius 3 is 1.40 bits per heavy atom. The Morgan fingerprint density at radius 2 is 0.893 bits per heavy atom. The van der Waals surface area contributed by atoms with E-state index in [0.29, 0.717) is 19.3 Å². The van der Waals surface area contributed by atoms with Crippen LogP contribution in [0.2, 0.25) is 0 Å². The number of hydrogen-bond donors (Lipinski definition) is 3. The number of rotatable bonds is 47. The van der Waals surface area contributed by atoms with Crippen LogP contribution in [0.25, 0.3) is 0 Å². The minimum Gasteiger partial charge on any atom is -0.479 e. The van der Waals surface area contributed by atoms with Gasteiger partial charge in [-0.15, -0.1) is 0 Å². The minimum absolute atomic E-state index is 0.0366. The first kappa shape index (κ1) is 68.4. The van der Waals surface area contributed by atoms with Crippen molar-refractivity contribution in [1.29, 1.82) is 0 Å². The van der Waals surface area contributed by atoms with Gasteiger partial charge in [0.2, 0.25) is 0 Å². The van der Waals surface area contributed by atoms with Crippen molar-refractivity contribution in [3.8, 4) is 0 Å². The fraction of sp³-hybridized carbons (Fsp3) is 0.651. The summed E-state index contributed by atoms with van der Waals surface area (Å²) in [6.45, 7) is 5.69. The van der Waals surface area contributed by atoms with Crippen molar-refractivity contribution in [3.63, 3.8) is 0 Å². The highest BCUT2D eigenvalue weighted by Crippen LogP contribution is 2.26. The maximum atomic E-state index is 13.1. The zero-order valence-electron chi connectivity index (χ0n) is 46.5. The monoisotopic (exact) mass is 1050 g/mol. The fourth-order valence-electron chi connectivity index (χ4n) is 7.89. The van der Waals surface area contributed by atoms with Crippen molar-refractivity contribution in [2.45, 2.75) is 250 Å². The van der Waals surface area contributed by atoms with Crippen LogP contribution in [0.5, 0.6) is 0 Å². The van der Waals surface area contributed by atoms with Gasteiger partial charge in [-0.05, 0) is 109 Å². The van der Waals surface area contributed by atoms with Crippen LogP contribution in [0.4, 0.5) is 0 Å². The normalized spacial score (nSPS) is 19.0. The molecule has 12 heteroatoms. The lowest BCUT2D eigenvalue weighted by atomic mass is 9.98. The molecule has 1 rings (SSSR count). The number of aliphatic hydroxyl groups excluding tert-OH is 2. The van der Waals surface area contributed by atoms with Gasteiger partial charge in [0.25, 0.3) is 0 Å². The van der Waals surface area contributed by atoms with Crippen LogP contribution in [-0.4, -0.2) is 89.2 Å². The van der Waals surface area contributed by atoms with Gasteiger partial charge in [-0.2, -0.15) is 0 Å². The molecular formula is C63H100O12. The first-order valence-corrected chi connectivity index (χ1v) is 28.9. The van der Waals surface area contributed by atoms with Crippen molar-refractivity contribution in [3.05, 3.63) is 109 Å². The summed E-state index contributed by atoms with van der Waals surface area (Å²) in [5.74, 6) is -3.28. The third-order valence-electron chi connectivity index (χ3n) is 12.3. The molecule has 1 aliphatic heterocycles. The summed E-state index contributed by atoms with van der Waals surface area (Å²) in [6, 6.07) is 0. The smallest absolute Gasteiger partial charge is 0.335 e. The second kappa shape index (κ2) is 50.2. The van der Waals surface area contributed by atoms with Crippen LogP contribution in [0.15, 0.2) is 109 Å². The van der Waals surface area contributed by atoms with Crippen LogP contribution < -0.4 is 0 Å². The third kappa shape index (κ3) is 40.3. The molecule has 0 radical (unpaired) electrons. The van der Waals surface area contributed by atoms with Gasteiger partial charge in [0.05, 0.1) is 6.61 Å². The topological polar surface area (TPSA) is 175 Å². The summed E-state index contributed by atoms with van der Waals surface area (Å²) < 4.78 is 28.3. The fourth-order valence-corrected chi connectivity index (χ4v) is 7.89. The Labute approximate surface area is 453 Å². The summed E-state index contributed by atoms with van der Waals surface area (Å²) in [6.07, 6.45) is 55.0. The molecule has 1 fully saturated rings. The molecule has 1 aliphatic rings. The second-order valence-corrected chi connectivity index (χ2v) is 19.2. The largest absolute Gasteiger partial charge is 0.479 e. The Hall–Kier alpha value is -4.62. The highest BCUT2D eigenvalue weighted by atomic mass is 16.7. The molecule has 0 bridgehead atoms. The van der Waals surface area contributed by atoms with Crippen molar-refractivity contribution < 1.29 is 58.2 Å². The molecule has 1 saturated heterocycles. The Kier molecular flexibility index (Phi) is 45.8. The van der Waals surface area contributed by atoms with Gasteiger partial charge < -0.3 is 39.0 Å². The lowest BCUT2D eigenvalue weighted by Crippen LogP contribution is -2.61. The van der Waals surface area contributed by atoms with Gasteiger partial charge in [0.15, 0.2) is 24.6 Å². The zero-order valence-corrected chi connectivity index (χ0v) is 46.5. The number of aliphatic hydroxyl groups is 2. The molecule has 0 spiro atoms. The molecule has 0 aromatic carbocycles. The van der Waals surface area contributed by atoms with E-state index in [0.717, 1.165) is 128 Å². The molecule has 0 amide bonds. The molecular weight excluding hydrogens is 949 g/mol. The lowest BCUT2D eigenvalue weighted by molar-refractivity contribution is -0.301. The van der Waals surface area contributed by atoms with Crippen molar-refractivity contribution in [2.75, 3.05) is 13.2 Å². The number of esters is 3. The van der Waals surface area contributed by atoms with Gasteiger partial charge in [-0.3, -0.25) is 14.4 Å². The van der Waals surface area contributed by atoms with Crippen LogP contribution >= 0.6 is 0 Å². The summed E-state index contributed by atoms with van der Waals surface area (Å²) >= 11 is 0. The lowest BCUT2D eigenvalue weighted by Gasteiger charge is -2.40. The molecule has 1 heterocycles. The first-order chi connectivity index (χ1) is 36.6. The SMILES string of the molecule is CC/C=C\C/C=C\C/C=C\C/C=C\C/C=C\C/C=C\CCC(=O)OCC(COC1OC(C(=O)O)C(O)C(O)C1OC(=O)CCCCCCC/C=C\CCCCCC)OC(=O)CCCCCCC/C=C\C/C=C\CCC. The summed E-state index contributed by atoms with van der Waals surface area (Å²) in [4.78, 5) is 51.0. The first-order valence-electron chi connectivity index (χ1n) is 28.9. The molecule has 6 unspecified atom stereocenters. The summed E-state index contributed by atoms with van der Waals surface area (Å²) in [7, 11) is 0. The molecule has 6 atom stereocenters. The van der Waals surface area contributed by atoms with E-state index < -0.39 is 67.3 Å². The van der Waals surface area contributed by atoms with Crippen LogP contribution in [0.1, 0.15) is 213 Å².